The van der Waals surface area contributed by atoms with Gasteiger partial charge in [0.25, 0.3) is 0 Å². The highest BCUT2D eigenvalue weighted by atomic mass is 19.2. The lowest BCUT2D eigenvalue weighted by Crippen LogP contribution is -2.39. The van der Waals surface area contributed by atoms with E-state index in [0.717, 1.165) is 17.4 Å². The Morgan fingerprint density at radius 1 is 1.00 bits per heavy atom. The van der Waals surface area contributed by atoms with Crippen LogP contribution in [0.25, 0.3) is 0 Å². The number of carbonyl (C=O) groups is 2. The second kappa shape index (κ2) is 9.75. The molecular formula is C19H20F3N3O3. The Balaban J connectivity index is 1.78. The molecule has 0 bridgehead atoms. The van der Waals surface area contributed by atoms with Gasteiger partial charge in [0.05, 0.1) is 25.9 Å². The molecule has 0 atom stereocenters. The van der Waals surface area contributed by atoms with Crippen LogP contribution in [-0.4, -0.2) is 44.0 Å². The van der Waals surface area contributed by atoms with E-state index in [9.17, 15) is 22.8 Å². The van der Waals surface area contributed by atoms with Gasteiger partial charge in [0.2, 0.25) is 11.8 Å². The van der Waals surface area contributed by atoms with Gasteiger partial charge in [-0.1, -0.05) is 12.1 Å². The van der Waals surface area contributed by atoms with Crippen molar-refractivity contribution in [3.63, 3.8) is 0 Å². The minimum absolute atomic E-state index is 0.0266. The van der Waals surface area contributed by atoms with Crippen molar-refractivity contribution in [2.24, 2.45) is 0 Å². The Bertz CT molecular complexity index is 844. The van der Waals surface area contributed by atoms with Crippen molar-refractivity contribution in [2.75, 3.05) is 32.6 Å². The van der Waals surface area contributed by atoms with Gasteiger partial charge in [-0.2, -0.15) is 0 Å². The van der Waals surface area contributed by atoms with Crippen molar-refractivity contribution in [3.8, 4) is 5.75 Å². The highest BCUT2D eigenvalue weighted by Gasteiger charge is 2.16. The lowest BCUT2D eigenvalue weighted by molar-refractivity contribution is -0.124. The second-order valence-corrected chi connectivity index (χ2v) is 6.07. The van der Waals surface area contributed by atoms with Crippen LogP contribution >= 0.6 is 0 Å². The summed E-state index contributed by atoms with van der Waals surface area (Å²) >= 11 is 0. The van der Waals surface area contributed by atoms with Crippen LogP contribution in [0.1, 0.15) is 5.56 Å². The predicted molar refractivity (Wildman–Crippen MR) is 97.3 cm³/mol. The molecule has 150 valence electrons. The van der Waals surface area contributed by atoms with Crippen LogP contribution in [0.3, 0.4) is 0 Å². The van der Waals surface area contributed by atoms with Crippen LogP contribution < -0.4 is 15.4 Å². The maximum Gasteiger partial charge on any atom is 0.243 e. The van der Waals surface area contributed by atoms with E-state index in [-0.39, 0.29) is 6.54 Å². The molecule has 0 unspecified atom stereocenters. The normalized spacial score (nSPS) is 10.6. The van der Waals surface area contributed by atoms with Crippen LogP contribution in [0.5, 0.6) is 5.75 Å². The summed E-state index contributed by atoms with van der Waals surface area (Å²) < 4.78 is 44.6. The largest absolute Gasteiger partial charge is 0.497 e. The first kappa shape index (κ1) is 21.2. The molecule has 0 aromatic heterocycles. The molecule has 2 aromatic carbocycles. The first-order valence-electron chi connectivity index (χ1n) is 8.31. The Morgan fingerprint density at radius 3 is 2.32 bits per heavy atom. The van der Waals surface area contributed by atoms with Crippen molar-refractivity contribution >= 4 is 17.5 Å². The minimum atomic E-state index is -1.68. The fraction of sp³-hybridized carbons (Fsp3) is 0.263. The standard InChI is InChI=1S/C19H20F3N3O3/c1-25(10-12-3-5-13(28-2)6-4-12)11-17(27)23-9-16(26)24-15-8-7-14(20)18(21)19(15)22/h3-8H,9-11H2,1-2H3,(H,23,27)(H,24,26). The molecular weight excluding hydrogens is 375 g/mol. The van der Waals surface area contributed by atoms with Gasteiger partial charge < -0.3 is 15.4 Å². The average molecular weight is 395 g/mol. The van der Waals surface area contributed by atoms with E-state index >= 15 is 0 Å². The van der Waals surface area contributed by atoms with Gasteiger partial charge in [0.15, 0.2) is 17.5 Å². The first-order chi connectivity index (χ1) is 13.3. The SMILES string of the molecule is COc1ccc(CN(C)CC(=O)NCC(=O)Nc2ccc(F)c(F)c2F)cc1. The molecule has 0 spiro atoms. The molecule has 28 heavy (non-hydrogen) atoms. The summed E-state index contributed by atoms with van der Waals surface area (Å²) in [6.07, 6.45) is 0. The third-order valence-electron chi connectivity index (χ3n) is 3.78. The molecule has 0 saturated carbocycles. The number of halogens is 3. The summed E-state index contributed by atoms with van der Waals surface area (Å²) in [7, 11) is 3.31. The fourth-order valence-corrected chi connectivity index (χ4v) is 2.40. The topological polar surface area (TPSA) is 70.7 Å². The van der Waals surface area contributed by atoms with E-state index in [2.05, 4.69) is 10.6 Å². The highest BCUT2D eigenvalue weighted by Crippen LogP contribution is 2.19. The zero-order valence-electron chi connectivity index (χ0n) is 15.4. The van der Waals surface area contributed by atoms with Crippen LogP contribution in [0.15, 0.2) is 36.4 Å². The van der Waals surface area contributed by atoms with E-state index in [4.69, 9.17) is 4.74 Å². The van der Waals surface area contributed by atoms with E-state index in [1.807, 2.05) is 24.3 Å². The lowest BCUT2D eigenvalue weighted by Gasteiger charge is -2.16. The van der Waals surface area contributed by atoms with Crippen molar-refractivity contribution in [2.45, 2.75) is 6.54 Å². The number of methoxy groups -OCH3 is 1. The monoisotopic (exact) mass is 395 g/mol. The van der Waals surface area contributed by atoms with Gasteiger partial charge >= 0.3 is 0 Å². The molecule has 2 aromatic rings. The number of benzene rings is 2. The number of rotatable bonds is 8. The average Bonchev–Trinajstić information content (AvgIpc) is 2.67. The summed E-state index contributed by atoms with van der Waals surface area (Å²) in [5.41, 5.74) is 0.470. The molecule has 0 saturated heterocycles. The van der Waals surface area contributed by atoms with Crippen LogP contribution in [0, 0.1) is 17.5 Å². The zero-order valence-corrected chi connectivity index (χ0v) is 15.4. The fourth-order valence-electron chi connectivity index (χ4n) is 2.40. The predicted octanol–water partition coefficient (Wildman–Crippen LogP) is 2.30. The summed E-state index contributed by atoms with van der Waals surface area (Å²) in [4.78, 5) is 25.4. The molecule has 9 heteroatoms. The van der Waals surface area contributed by atoms with Gasteiger partial charge in [0, 0.05) is 6.54 Å². The molecule has 2 rings (SSSR count). The van der Waals surface area contributed by atoms with Crippen molar-refractivity contribution in [3.05, 3.63) is 59.4 Å². The van der Waals surface area contributed by atoms with E-state index in [1.54, 1.807) is 19.1 Å². The van der Waals surface area contributed by atoms with Gasteiger partial charge in [-0.25, -0.2) is 13.2 Å². The molecule has 0 radical (unpaired) electrons. The zero-order chi connectivity index (χ0) is 20.7. The number of anilines is 1. The molecule has 0 heterocycles. The van der Waals surface area contributed by atoms with Crippen LogP contribution in [0.2, 0.25) is 0 Å². The van der Waals surface area contributed by atoms with Gasteiger partial charge in [-0.15, -0.1) is 0 Å². The summed E-state index contributed by atoms with van der Waals surface area (Å²) in [5.74, 6) is -5.00. The van der Waals surface area contributed by atoms with Crippen molar-refractivity contribution < 1.29 is 27.5 Å². The number of amides is 2. The molecule has 0 aliphatic rings. The lowest BCUT2D eigenvalue weighted by atomic mass is 10.2. The smallest absolute Gasteiger partial charge is 0.243 e. The molecule has 0 fully saturated rings. The number of carbonyl (C=O) groups excluding carboxylic acids is 2. The molecule has 6 nitrogen and oxygen atoms in total. The third kappa shape index (κ3) is 5.98. The number of hydrogen-bond donors (Lipinski definition) is 2. The second-order valence-electron chi connectivity index (χ2n) is 6.07. The minimum Gasteiger partial charge on any atom is -0.497 e. The maximum atomic E-state index is 13.5. The molecule has 2 amide bonds. The molecule has 2 N–H and O–H groups in total. The maximum absolute atomic E-state index is 13.5. The van der Waals surface area contributed by atoms with E-state index in [0.29, 0.717) is 12.6 Å². The van der Waals surface area contributed by atoms with Crippen molar-refractivity contribution in [1.82, 2.24) is 10.2 Å². The van der Waals surface area contributed by atoms with Crippen LogP contribution in [-0.2, 0) is 16.1 Å². The number of nitrogens with one attached hydrogen (secondary N) is 2. The molecule has 0 aliphatic heterocycles. The number of nitrogens with zero attached hydrogens (tertiary/aromatic N) is 1. The Hall–Kier alpha value is -3.07. The Morgan fingerprint density at radius 2 is 1.68 bits per heavy atom. The third-order valence-corrected chi connectivity index (χ3v) is 3.78. The first-order valence-corrected chi connectivity index (χ1v) is 8.31. The van der Waals surface area contributed by atoms with Gasteiger partial charge in [0.1, 0.15) is 5.75 Å². The highest BCUT2D eigenvalue weighted by molar-refractivity contribution is 5.94. The quantitative estimate of drug-likeness (QED) is 0.673. The number of ether oxygens (including phenoxy) is 1. The number of likely N-dealkylation sites (N-methyl/N-ethyl adjacent to an activating group) is 1. The van der Waals surface area contributed by atoms with E-state index in [1.165, 1.54) is 0 Å². The summed E-state index contributed by atoms with van der Waals surface area (Å²) in [5, 5.41) is 4.46. The van der Waals surface area contributed by atoms with Gasteiger partial charge in [-0.05, 0) is 36.9 Å². The molecule has 0 aliphatic carbocycles. The van der Waals surface area contributed by atoms with Crippen LogP contribution in [0.4, 0.5) is 18.9 Å². The number of hydrogen-bond acceptors (Lipinski definition) is 4. The summed E-state index contributed by atoms with van der Waals surface area (Å²) in [6.45, 7) is 0.0934. The van der Waals surface area contributed by atoms with Crippen molar-refractivity contribution in [1.29, 1.82) is 0 Å². The van der Waals surface area contributed by atoms with Gasteiger partial charge in [-0.3, -0.25) is 14.5 Å². The van der Waals surface area contributed by atoms with E-state index < -0.39 is 41.5 Å². The Labute approximate surface area is 160 Å². The summed E-state index contributed by atoms with van der Waals surface area (Å²) in [6, 6.07) is 8.96. The Kier molecular flexibility index (Phi) is 7.39.